The second-order valence-electron chi connectivity index (χ2n) is 9.25. The number of rotatable bonds is 5. The van der Waals surface area contributed by atoms with E-state index in [9.17, 15) is 24.3 Å². The average molecular weight is 613 g/mol. The van der Waals surface area contributed by atoms with E-state index in [2.05, 4.69) is 5.32 Å². The van der Waals surface area contributed by atoms with Gasteiger partial charge in [0.15, 0.2) is 0 Å². The lowest BCUT2D eigenvalue weighted by molar-refractivity contribution is -0.122. The lowest BCUT2D eigenvalue weighted by Crippen LogP contribution is -2.33. The predicted octanol–water partition coefficient (Wildman–Crippen LogP) is 5.36. The van der Waals surface area contributed by atoms with Gasteiger partial charge in [-0.2, -0.15) is 0 Å². The van der Waals surface area contributed by atoms with E-state index in [4.69, 9.17) is 23.2 Å². The number of hydrogen-bond acceptors (Lipinski definition) is 7. The highest BCUT2D eigenvalue weighted by Gasteiger charge is 2.57. The molecule has 3 amide bonds. The van der Waals surface area contributed by atoms with E-state index in [0.717, 1.165) is 23.1 Å². The Bertz CT molecular complexity index is 1720. The summed E-state index contributed by atoms with van der Waals surface area (Å²) >= 11 is 15.0. The second kappa shape index (κ2) is 10.4. The largest absolute Gasteiger partial charge is 0.508 e. The number of para-hydroxylation sites is 1. The van der Waals surface area contributed by atoms with Gasteiger partial charge in [-0.25, -0.2) is 4.90 Å². The number of thiazole rings is 1. The smallest absolute Gasteiger partial charge is 0.308 e. The Morgan fingerprint density at radius 2 is 1.65 bits per heavy atom. The summed E-state index contributed by atoms with van der Waals surface area (Å²) in [6.45, 7) is -0.309. The molecule has 3 heterocycles. The van der Waals surface area contributed by atoms with Gasteiger partial charge in [-0.1, -0.05) is 76.6 Å². The first-order valence-electron chi connectivity index (χ1n) is 12.1. The van der Waals surface area contributed by atoms with Gasteiger partial charge in [-0.15, -0.1) is 0 Å². The number of aromatic hydroxyl groups is 1. The van der Waals surface area contributed by atoms with Gasteiger partial charge in [-0.05, 0) is 48.0 Å². The van der Waals surface area contributed by atoms with Gasteiger partial charge >= 0.3 is 4.87 Å². The average Bonchev–Trinajstić information content (AvgIpc) is 3.38. The standard InChI is InChI=1S/C28H19Cl2N3O5S2/c29-18-8-4-7-17(22(18)30)20-21-23(26(37)33(25(21)36)15-5-2-1-3-6-15)39-27-24(20)40-28(38)32(27)13-19(35)31-14-9-11-16(34)12-10-14/h1-12,20-21,23,34H,13H2,(H,31,35)/t20-,21?,23?/m1/s1. The zero-order valence-electron chi connectivity index (χ0n) is 20.4. The second-order valence-corrected chi connectivity index (χ2v) is 12.2. The van der Waals surface area contributed by atoms with Crippen molar-refractivity contribution >= 4 is 75.4 Å². The normalized spacial score (nSPS) is 19.9. The fraction of sp³-hybridized carbons (Fsp3) is 0.143. The zero-order valence-corrected chi connectivity index (χ0v) is 23.6. The molecule has 4 aromatic rings. The molecule has 40 heavy (non-hydrogen) atoms. The molecule has 0 radical (unpaired) electrons. The van der Waals surface area contributed by atoms with E-state index >= 15 is 0 Å². The minimum absolute atomic E-state index is 0.0538. The van der Waals surface area contributed by atoms with Crippen molar-refractivity contribution in [2.75, 3.05) is 10.2 Å². The highest BCUT2D eigenvalue weighted by molar-refractivity contribution is 8.00. The van der Waals surface area contributed by atoms with Gasteiger partial charge in [0.2, 0.25) is 17.7 Å². The number of phenols is 1. The molecule has 0 bridgehead atoms. The highest BCUT2D eigenvalue weighted by atomic mass is 35.5. The van der Waals surface area contributed by atoms with Crippen LogP contribution >= 0.6 is 46.3 Å². The van der Waals surface area contributed by atoms with Crippen LogP contribution in [-0.4, -0.2) is 32.6 Å². The quantitative estimate of drug-likeness (QED) is 0.232. The van der Waals surface area contributed by atoms with Crippen LogP contribution in [0.25, 0.3) is 0 Å². The Kier molecular flexibility index (Phi) is 6.95. The molecule has 0 aliphatic carbocycles. The third-order valence-electron chi connectivity index (χ3n) is 6.83. The molecule has 2 N–H and O–H groups in total. The van der Waals surface area contributed by atoms with Crippen molar-refractivity contribution < 1.29 is 19.5 Å². The third-order valence-corrected chi connectivity index (χ3v) is 10.3. The molecule has 202 valence electrons. The van der Waals surface area contributed by atoms with E-state index in [0.29, 0.717) is 26.8 Å². The Hall–Kier alpha value is -3.57. The van der Waals surface area contributed by atoms with Crippen LogP contribution in [0.15, 0.2) is 82.6 Å². The number of halogens is 2. The van der Waals surface area contributed by atoms with E-state index in [1.165, 1.54) is 33.7 Å². The Labute approximate surface area is 246 Å². The molecule has 0 spiro atoms. The van der Waals surface area contributed by atoms with Crippen LogP contribution in [0.4, 0.5) is 11.4 Å². The topological polar surface area (TPSA) is 109 Å². The molecule has 2 unspecified atom stereocenters. The maximum atomic E-state index is 13.9. The molecule has 3 atom stereocenters. The summed E-state index contributed by atoms with van der Waals surface area (Å²) in [6, 6.07) is 19.7. The molecule has 1 saturated heterocycles. The number of hydrogen-bond donors (Lipinski definition) is 2. The molecule has 2 aliphatic rings. The van der Waals surface area contributed by atoms with Crippen molar-refractivity contribution in [3.63, 3.8) is 0 Å². The first-order chi connectivity index (χ1) is 19.2. The summed E-state index contributed by atoms with van der Waals surface area (Å²) < 4.78 is 1.32. The first kappa shape index (κ1) is 26.6. The number of phenolic OH excluding ortho intramolecular Hbond substituents is 1. The SMILES string of the molecule is O=C(Cn1c2c(sc1=O)[C@H](c1cccc(Cl)c1Cl)C1C(=O)N(c3ccccc3)C(=O)C1S2)Nc1ccc(O)cc1. The van der Waals surface area contributed by atoms with Crippen LogP contribution in [0.5, 0.6) is 5.75 Å². The van der Waals surface area contributed by atoms with Gasteiger partial charge in [-0.3, -0.25) is 23.7 Å². The lowest BCUT2D eigenvalue weighted by atomic mass is 9.83. The van der Waals surface area contributed by atoms with Crippen molar-refractivity contribution in [3.8, 4) is 5.75 Å². The number of fused-ring (bicyclic) bond motifs is 2. The van der Waals surface area contributed by atoms with Gasteiger partial charge in [0.25, 0.3) is 0 Å². The number of anilines is 2. The van der Waals surface area contributed by atoms with Crippen LogP contribution in [0.3, 0.4) is 0 Å². The summed E-state index contributed by atoms with van der Waals surface area (Å²) in [4.78, 5) is 55.1. The van der Waals surface area contributed by atoms with Gasteiger partial charge in [0.05, 0.1) is 26.7 Å². The fourth-order valence-corrected chi connectivity index (χ4v) is 8.26. The maximum absolute atomic E-state index is 13.9. The molecule has 12 heteroatoms. The van der Waals surface area contributed by atoms with Crippen LogP contribution in [0, 0.1) is 5.92 Å². The van der Waals surface area contributed by atoms with Crippen molar-refractivity contribution in [2.45, 2.75) is 22.7 Å². The van der Waals surface area contributed by atoms with E-state index in [-0.39, 0.29) is 22.3 Å². The molecule has 0 saturated carbocycles. The van der Waals surface area contributed by atoms with Crippen LogP contribution in [0.2, 0.25) is 10.0 Å². The van der Waals surface area contributed by atoms with Gasteiger partial charge in [0.1, 0.15) is 17.5 Å². The fourth-order valence-electron chi connectivity index (χ4n) is 5.07. The number of thioether (sulfide) groups is 1. The Morgan fingerprint density at radius 1 is 0.925 bits per heavy atom. The number of benzene rings is 3. The number of amides is 3. The molecule has 1 fully saturated rings. The predicted molar refractivity (Wildman–Crippen MR) is 156 cm³/mol. The van der Waals surface area contributed by atoms with Crippen LogP contribution in [0.1, 0.15) is 16.4 Å². The van der Waals surface area contributed by atoms with Crippen molar-refractivity contribution in [3.05, 3.63) is 103 Å². The number of carbonyl (C=O) groups is 3. The van der Waals surface area contributed by atoms with Crippen molar-refractivity contribution in [1.82, 2.24) is 4.57 Å². The lowest BCUT2D eigenvalue weighted by Gasteiger charge is -2.31. The summed E-state index contributed by atoms with van der Waals surface area (Å²) in [5.74, 6) is -2.77. The van der Waals surface area contributed by atoms with E-state index in [1.807, 2.05) is 0 Å². The Morgan fingerprint density at radius 3 is 2.38 bits per heavy atom. The number of aromatic nitrogens is 1. The molecular formula is C28H19Cl2N3O5S2. The number of nitrogens with one attached hydrogen (secondary N) is 1. The minimum atomic E-state index is -0.847. The highest BCUT2D eigenvalue weighted by Crippen LogP contribution is 2.55. The van der Waals surface area contributed by atoms with Crippen LogP contribution in [-0.2, 0) is 20.9 Å². The first-order valence-corrected chi connectivity index (χ1v) is 14.6. The van der Waals surface area contributed by atoms with Gasteiger partial charge < -0.3 is 10.4 Å². The molecule has 3 aromatic carbocycles. The maximum Gasteiger partial charge on any atom is 0.308 e. The number of nitrogens with zero attached hydrogens (tertiary/aromatic N) is 2. The minimum Gasteiger partial charge on any atom is -0.508 e. The summed E-state index contributed by atoms with van der Waals surface area (Å²) in [5, 5.41) is 12.3. The van der Waals surface area contributed by atoms with Crippen LogP contribution < -0.4 is 15.1 Å². The molecule has 8 nitrogen and oxygen atoms in total. The van der Waals surface area contributed by atoms with E-state index in [1.54, 1.807) is 48.5 Å². The van der Waals surface area contributed by atoms with Crippen molar-refractivity contribution in [2.24, 2.45) is 5.92 Å². The van der Waals surface area contributed by atoms with Crippen molar-refractivity contribution in [1.29, 1.82) is 0 Å². The molecular weight excluding hydrogens is 593 g/mol. The third kappa shape index (κ3) is 4.50. The number of carbonyl (C=O) groups excluding carboxylic acids is 3. The zero-order chi connectivity index (χ0) is 28.1. The molecule has 6 rings (SSSR count). The monoisotopic (exact) mass is 611 g/mol. The molecule has 1 aromatic heterocycles. The summed E-state index contributed by atoms with van der Waals surface area (Å²) in [6.07, 6.45) is 0. The van der Waals surface area contributed by atoms with Gasteiger partial charge in [0, 0.05) is 16.5 Å². The van der Waals surface area contributed by atoms with E-state index < -0.39 is 39.7 Å². The Balaban J connectivity index is 1.44. The summed E-state index contributed by atoms with van der Waals surface area (Å²) in [7, 11) is 0. The summed E-state index contributed by atoms with van der Waals surface area (Å²) in [5.41, 5.74) is 1.44. The molecule has 2 aliphatic heterocycles. The number of imide groups is 1.